The fourth-order valence-corrected chi connectivity index (χ4v) is 3.38. The van der Waals surface area contributed by atoms with Crippen LogP contribution in [0.5, 0.6) is 0 Å². The largest absolute Gasteiger partial charge is 0.481 e. The molecule has 2 aliphatic rings. The highest BCUT2D eigenvalue weighted by Gasteiger charge is 2.30. The van der Waals surface area contributed by atoms with Crippen molar-refractivity contribution < 1.29 is 34.1 Å². The maximum atomic E-state index is 11.1. The van der Waals surface area contributed by atoms with Crippen molar-refractivity contribution in [3.63, 3.8) is 0 Å². The Bertz CT molecular complexity index is 647. The van der Waals surface area contributed by atoms with Crippen LogP contribution >= 0.6 is 12.4 Å². The highest BCUT2D eigenvalue weighted by atomic mass is 35.5. The van der Waals surface area contributed by atoms with E-state index in [1.165, 1.54) is 24.3 Å². The van der Waals surface area contributed by atoms with Crippen LogP contribution in [-0.2, 0) is 14.3 Å². The maximum absolute atomic E-state index is 11.1. The summed E-state index contributed by atoms with van der Waals surface area (Å²) in [5.74, 6) is -1.56. The van der Waals surface area contributed by atoms with Gasteiger partial charge in [0.1, 0.15) is 6.29 Å². The summed E-state index contributed by atoms with van der Waals surface area (Å²) in [6.45, 7) is 3.02. The van der Waals surface area contributed by atoms with Crippen LogP contribution in [0.2, 0.25) is 0 Å². The first kappa shape index (κ1) is 25.0. The molecule has 3 N–H and O–H groups in total. The third kappa shape index (κ3) is 8.49. The summed E-state index contributed by atoms with van der Waals surface area (Å²) < 4.78 is 10.7. The van der Waals surface area contributed by atoms with Gasteiger partial charge in [-0.05, 0) is 56.8 Å². The first-order valence-electron chi connectivity index (χ1n) is 9.46. The number of hydrogen-bond acceptors (Lipinski definition) is 6. The lowest BCUT2D eigenvalue weighted by molar-refractivity contribution is -0.144. The van der Waals surface area contributed by atoms with E-state index in [1.807, 2.05) is 0 Å². The lowest BCUT2D eigenvalue weighted by Gasteiger charge is -2.29. The van der Waals surface area contributed by atoms with Crippen LogP contribution in [0, 0.1) is 11.8 Å². The zero-order valence-electron chi connectivity index (χ0n) is 16.1. The van der Waals surface area contributed by atoms with Gasteiger partial charge in [0.05, 0.1) is 24.7 Å². The van der Waals surface area contributed by atoms with Gasteiger partial charge in [-0.15, -0.1) is 12.4 Å². The molecule has 2 fully saturated rings. The standard InChI is InChI=1S/C12H21NO4.C8H6O3.ClH/c14-12(15)10-4-5-13-8-9(10)2-1-3-11-16-6-7-17-11;9-5-6-1-3-7(4-2-6)8(10)11;/h9-11,13H,1-8H2,(H,14,15);1-5H,(H,10,11);1H. The van der Waals surface area contributed by atoms with E-state index < -0.39 is 11.9 Å². The normalized spacial score (nSPS) is 21.4. The SMILES string of the molecule is Cl.O=C(O)C1CCNCC1CCCC1OCCO1.O=Cc1ccc(C(=O)O)cc1. The van der Waals surface area contributed by atoms with E-state index in [4.69, 9.17) is 19.7 Å². The van der Waals surface area contributed by atoms with Crippen LogP contribution < -0.4 is 5.32 Å². The van der Waals surface area contributed by atoms with Gasteiger partial charge in [0.25, 0.3) is 0 Å². The second kappa shape index (κ2) is 13.3. The monoisotopic (exact) mass is 429 g/mol. The zero-order valence-corrected chi connectivity index (χ0v) is 16.9. The highest BCUT2D eigenvalue weighted by Crippen LogP contribution is 2.25. The smallest absolute Gasteiger partial charge is 0.335 e. The Labute approximate surface area is 176 Å². The number of aromatic carboxylic acids is 1. The van der Waals surface area contributed by atoms with Crippen LogP contribution in [0.1, 0.15) is 46.4 Å². The minimum atomic E-state index is -0.984. The van der Waals surface area contributed by atoms with Gasteiger partial charge in [0.15, 0.2) is 6.29 Å². The molecule has 3 rings (SSSR count). The molecule has 1 aromatic carbocycles. The van der Waals surface area contributed by atoms with Gasteiger partial charge in [-0.1, -0.05) is 12.1 Å². The molecular weight excluding hydrogens is 402 g/mol. The Hall–Kier alpha value is -2.00. The summed E-state index contributed by atoms with van der Waals surface area (Å²) in [5.41, 5.74) is 0.672. The quantitative estimate of drug-likeness (QED) is 0.565. The molecule has 8 nitrogen and oxygen atoms in total. The maximum Gasteiger partial charge on any atom is 0.335 e. The Morgan fingerprint density at radius 3 is 2.31 bits per heavy atom. The Morgan fingerprint density at radius 1 is 1.10 bits per heavy atom. The average molecular weight is 430 g/mol. The van der Waals surface area contributed by atoms with Crippen molar-refractivity contribution in [2.24, 2.45) is 11.8 Å². The summed E-state index contributed by atoms with van der Waals surface area (Å²) in [6, 6.07) is 5.73. The predicted octanol–water partition coefficient (Wildman–Crippen LogP) is 2.46. The van der Waals surface area contributed by atoms with Crippen molar-refractivity contribution >= 4 is 30.6 Å². The van der Waals surface area contributed by atoms with Crippen molar-refractivity contribution in [2.45, 2.75) is 32.0 Å². The first-order chi connectivity index (χ1) is 13.5. The Balaban J connectivity index is 0.000000306. The molecular formula is C20H28ClNO7. The number of halogens is 1. The van der Waals surface area contributed by atoms with Crippen molar-refractivity contribution in [1.29, 1.82) is 0 Å². The van der Waals surface area contributed by atoms with Gasteiger partial charge < -0.3 is 25.0 Å². The number of nitrogens with one attached hydrogen (secondary N) is 1. The third-order valence-electron chi connectivity index (χ3n) is 4.92. The van der Waals surface area contributed by atoms with E-state index >= 15 is 0 Å². The number of carbonyl (C=O) groups excluding carboxylic acids is 1. The molecule has 9 heteroatoms. The fraction of sp³-hybridized carbons (Fsp3) is 0.550. The predicted molar refractivity (Wildman–Crippen MR) is 108 cm³/mol. The van der Waals surface area contributed by atoms with Crippen molar-refractivity contribution in [3.8, 4) is 0 Å². The van der Waals surface area contributed by atoms with Crippen molar-refractivity contribution in [3.05, 3.63) is 35.4 Å². The minimum Gasteiger partial charge on any atom is -0.481 e. The number of carboxylic acids is 2. The molecule has 2 aliphatic heterocycles. The third-order valence-corrected chi connectivity index (χ3v) is 4.92. The number of aldehydes is 1. The molecule has 2 saturated heterocycles. The molecule has 1 aromatic rings. The summed E-state index contributed by atoms with van der Waals surface area (Å²) in [6.07, 6.45) is 4.15. The summed E-state index contributed by atoms with van der Waals surface area (Å²) >= 11 is 0. The van der Waals surface area contributed by atoms with Crippen molar-refractivity contribution in [2.75, 3.05) is 26.3 Å². The van der Waals surface area contributed by atoms with E-state index in [0.29, 0.717) is 25.1 Å². The second-order valence-corrected chi connectivity index (χ2v) is 6.84. The average Bonchev–Trinajstić information content (AvgIpc) is 3.22. The number of hydrogen-bond donors (Lipinski definition) is 3. The molecule has 0 saturated carbocycles. The van der Waals surface area contributed by atoms with E-state index in [1.54, 1.807) is 0 Å². The number of aliphatic carboxylic acids is 1. The number of benzene rings is 1. The van der Waals surface area contributed by atoms with Crippen LogP contribution in [-0.4, -0.2) is 61.0 Å². The fourth-order valence-electron chi connectivity index (χ4n) is 3.38. The second-order valence-electron chi connectivity index (χ2n) is 6.84. The van der Waals surface area contributed by atoms with Gasteiger partial charge in [-0.2, -0.15) is 0 Å². The molecule has 162 valence electrons. The lowest BCUT2D eigenvalue weighted by Crippen LogP contribution is -2.40. The first-order valence-corrected chi connectivity index (χ1v) is 9.46. The molecule has 0 amide bonds. The summed E-state index contributed by atoms with van der Waals surface area (Å²) in [4.78, 5) is 31.6. The lowest BCUT2D eigenvalue weighted by atomic mass is 9.83. The summed E-state index contributed by atoms with van der Waals surface area (Å²) in [5, 5.41) is 20.9. The highest BCUT2D eigenvalue weighted by molar-refractivity contribution is 5.88. The van der Waals surface area contributed by atoms with Gasteiger partial charge in [0, 0.05) is 5.56 Å². The van der Waals surface area contributed by atoms with Crippen LogP contribution in [0.25, 0.3) is 0 Å². The van der Waals surface area contributed by atoms with E-state index in [2.05, 4.69) is 5.32 Å². The topological polar surface area (TPSA) is 122 Å². The molecule has 2 atom stereocenters. The molecule has 29 heavy (non-hydrogen) atoms. The molecule has 2 heterocycles. The number of ether oxygens (including phenoxy) is 2. The van der Waals surface area contributed by atoms with E-state index in [0.717, 1.165) is 38.8 Å². The molecule has 2 unspecified atom stereocenters. The minimum absolute atomic E-state index is 0. The number of rotatable bonds is 7. The molecule has 0 radical (unpaired) electrons. The van der Waals surface area contributed by atoms with Crippen LogP contribution in [0.4, 0.5) is 0 Å². The molecule has 0 bridgehead atoms. The number of carboxylic acid groups (broad SMARTS) is 2. The van der Waals surface area contributed by atoms with E-state index in [9.17, 15) is 14.4 Å². The number of piperidine rings is 1. The Morgan fingerprint density at radius 2 is 1.76 bits per heavy atom. The van der Waals surface area contributed by atoms with E-state index in [-0.39, 0.29) is 36.1 Å². The molecule has 0 aliphatic carbocycles. The molecule has 0 aromatic heterocycles. The van der Waals surface area contributed by atoms with Gasteiger partial charge in [-0.3, -0.25) is 9.59 Å². The zero-order chi connectivity index (χ0) is 20.4. The van der Waals surface area contributed by atoms with Crippen molar-refractivity contribution in [1.82, 2.24) is 5.32 Å². The van der Waals surface area contributed by atoms with Gasteiger partial charge >= 0.3 is 11.9 Å². The van der Waals surface area contributed by atoms with Crippen LogP contribution in [0.15, 0.2) is 24.3 Å². The van der Waals surface area contributed by atoms with Gasteiger partial charge in [-0.25, -0.2) is 4.79 Å². The molecule has 0 spiro atoms. The van der Waals surface area contributed by atoms with Gasteiger partial charge in [0.2, 0.25) is 0 Å². The summed E-state index contributed by atoms with van der Waals surface area (Å²) in [7, 11) is 0. The van der Waals surface area contributed by atoms with Crippen LogP contribution in [0.3, 0.4) is 0 Å². The Kier molecular flexibility index (Phi) is 11.5. The number of carbonyl (C=O) groups is 3.